The van der Waals surface area contributed by atoms with Crippen molar-refractivity contribution in [2.24, 2.45) is 10.7 Å². The maximum absolute atomic E-state index is 15.2. The van der Waals surface area contributed by atoms with Crippen LogP contribution in [0.3, 0.4) is 0 Å². The highest BCUT2D eigenvalue weighted by Crippen LogP contribution is 2.50. The van der Waals surface area contributed by atoms with Crippen molar-refractivity contribution >= 4 is 17.4 Å². The van der Waals surface area contributed by atoms with Gasteiger partial charge in [-0.15, -0.1) is 0 Å². The van der Waals surface area contributed by atoms with Crippen molar-refractivity contribution in [1.82, 2.24) is 4.98 Å². The first-order valence-corrected chi connectivity index (χ1v) is 9.22. The number of carbonyl (C=O) groups is 1. The SMILES string of the molecule is Cc1cc(C#N)cnc1C(=O)Nc1cccc([C@@]2(C)N=C(N)[C@@](C)(F)CC2(F)F)c1F. The molecule has 0 saturated carbocycles. The van der Waals surface area contributed by atoms with Gasteiger partial charge in [0.1, 0.15) is 17.6 Å². The van der Waals surface area contributed by atoms with E-state index in [1.54, 1.807) is 6.92 Å². The minimum Gasteiger partial charge on any atom is -0.385 e. The Balaban J connectivity index is 2.02. The van der Waals surface area contributed by atoms with E-state index in [1.807, 2.05) is 6.07 Å². The number of nitriles is 1. The van der Waals surface area contributed by atoms with Crippen molar-refractivity contribution in [3.05, 3.63) is 58.7 Å². The number of aromatic nitrogens is 1. The summed E-state index contributed by atoms with van der Waals surface area (Å²) in [6.07, 6.45) is -0.0834. The fourth-order valence-electron chi connectivity index (χ4n) is 3.44. The molecular formula is C21H19F4N5O. The van der Waals surface area contributed by atoms with Gasteiger partial charge in [0.05, 0.1) is 17.7 Å². The molecule has 0 saturated heterocycles. The maximum Gasteiger partial charge on any atom is 0.280 e. The largest absolute Gasteiger partial charge is 0.385 e. The van der Waals surface area contributed by atoms with Gasteiger partial charge in [0.2, 0.25) is 0 Å². The molecule has 1 aliphatic heterocycles. The zero-order valence-corrected chi connectivity index (χ0v) is 16.9. The minimum absolute atomic E-state index is 0.0616. The summed E-state index contributed by atoms with van der Waals surface area (Å²) in [5, 5.41) is 11.2. The third kappa shape index (κ3) is 3.71. The van der Waals surface area contributed by atoms with Gasteiger partial charge < -0.3 is 11.1 Å². The van der Waals surface area contributed by atoms with Crippen LogP contribution in [0.2, 0.25) is 0 Å². The summed E-state index contributed by atoms with van der Waals surface area (Å²) in [4.78, 5) is 20.1. The summed E-state index contributed by atoms with van der Waals surface area (Å²) in [5.41, 5.74) is 0.164. The van der Waals surface area contributed by atoms with Gasteiger partial charge >= 0.3 is 0 Å². The number of nitrogens with one attached hydrogen (secondary N) is 1. The van der Waals surface area contributed by atoms with Crippen molar-refractivity contribution in [3.8, 4) is 6.07 Å². The molecule has 0 unspecified atom stereocenters. The Labute approximate surface area is 175 Å². The average molecular weight is 433 g/mol. The van der Waals surface area contributed by atoms with Gasteiger partial charge in [-0.2, -0.15) is 5.26 Å². The second kappa shape index (κ2) is 7.34. The van der Waals surface area contributed by atoms with E-state index in [-0.39, 0.29) is 16.9 Å². The minimum atomic E-state index is -3.76. The number of halogens is 4. The molecule has 1 aromatic heterocycles. The van der Waals surface area contributed by atoms with Crippen LogP contribution in [-0.4, -0.2) is 28.3 Å². The molecule has 0 aliphatic carbocycles. The summed E-state index contributed by atoms with van der Waals surface area (Å²) in [6, 6.07) is 6.86. The van der Waals surface area contributed by atoms with Crippen LogP contribution in [0.1, 0.15) is 47.4 Å². The molecule has 3 rings (SSSR count). The van der Waals surface area contributed by atoms with E-state index in [2.05, 4.69) is 15.3 Å². The van der Waals surface area contributed by atoms with Gasteiger partial charge in [-0.3, -0.25) is 9.79 Å². The number of nitrogens with two attached hydrogens (primary N) is 1. The molecule has 3 N–H and O–H groups in total. The predicted molar refractivity (Wildman–Crippen MR) is 106 cm³/mol. The van der Waals surface area contributed by atoms with Gasteiger partial charge in [0.15, 0.2) is 17.0 Å². The fraction of sp³-hybridized carbons (Fsp3) is 0.333. The molecular weight excluding hydrogens is 414 g/mol. The third-order valence-electron chi connectivity index (χ3n) is 5.34. The molecule has 1 amide bonds. The number of nitrogens with zero attached hydrogens (tertiary/aromatic N) is 3. The second-order valence-electron chi connectivity index (χ2n) is 7.77. The molecule has 2 heterocycles. The van der Waals surface area contributed by atoms with E-state index in [0.717, 1.165) is 19.9 Å². The average Bonchev–Trinajstić information content (AvgIpc) is 2.67. The summed E-state index contributed by atoms with van der Waals surface area (Å²) < 4.78 is 59.3. The number of rotatable bonds is 3. The van der Waals surface area contributed by atoms with Crippen molar-refractivity contribution in [2.45, 2.75) is 44.3 Å². The summed E-state index contributed by atoms with van der Waals surface area (Å²) in [5.74, 6) is -6.36. The van der Waals surface area contributed by atoms with E-state index in [0.29, 0.717) is 5.56 Å². The standard InChI is InChI=1S/C21H19F4N5O/c1-11-7-12(8-26)9-28-16(11)17(31)29-14-6-4-5-13(15(14)22)20(3)21(24,25)10-19(2,23)18(27)30-20/h4-7,9H,10H2,1-3H3,(H2,27,30)(H,29,31)/t19-,20+/m0/s1. The molecule has 0 spiro atoms. The van der Waals surface area contributed by atoms with Crippen LogP contribution in [0.25, 0.3) is 0 Å². The number of amidine groups is 1. The Morgan fingerprint density at radius 1 is 1.29 bits per heavy atom. The lowest BCUT2D eigenvalue weighted by atomic mass is 9.77. The number of amides is 1. The molecule has 0 radical (unpaired) electrons. The highest BCUT2D eigenvalue weighted by molar-refractivity contribution is 6.04. The van der Waals surface area contributed by atoms with Crippen LogP contribution < -0.4 is 11.1 Å². The molecule has 2 aromatic rings. The van der Waals surface area contributed by atoms with Crippen molar-refractivity contribution in [1.29, 1.82) is 5.26 Å². The number of anilines is 1. The molecule has 10 heteroatoms. The van der Waals surface area contributed by atoms with Gasteiger partial charge in [-0.25, -0.2) is 22.5 Å². The second-order valence-corrected chi connectivity index (χ2v) is 7.77. The van der Waals surface area contributed by atoms with Gasteiger partial charge in [-0.1, -0.05) is 12.1 Å². The zero-order chi connectivity index (χ0) is 23.2. The number of alkyl halides is 3. The Hall–Kier alpha value is -3.48. The molecule has 162 valence electrons. The first-order valence-electron chi connectivity index (χ1n) is 9.22. The van der Waals surface area contributed by atoms with Gasteiger partial charge in [-0.05, 0) is 38.5 Å². The molecule has 1 aliphatic rings. The van der Waals surface area contributed by atoms with Crippen LogP contribution in [0.4, 0.5) is 23.2 Å². The van der Waals surface area contributed by atoms with Crippen LogP contribution >= 0.6 is 0 Å². The zero-order valence-electron chi connectivity index (χ0n) is 16.9. The molecule has 2 atom stereocenters. The smallest absolute Gasteiger partial charge is 0.280 e. The number of aryl methyl sites for hydroxylation is 1. The monoisotopic (exact) mass is 433 g/mol. The lowest BCUT2D eigenvalue weighted by molar-refractivity contribution is -0.106. The Morgan fingerprint density at radius 2 is 1.97 bits per heavy atom. The van der Waals surface area contributed by atoms with Crippen LogP contribution in [-0.2, 0) is 5.54 Å². The van der Waals surface area contributed by atoms with Gasteiger partial charge in [0, 0.05) is 11.8 Å². The Morgan fingerprint density at radius 3 is 2.58 bits per heavy atom. The molecule has 0 fully saturated rings. The number of hydrogen-bond acceptors (Lipinski definition) is 5. The third-order valence-corrected chi connectivity index (χ3v) is 5.34. The highest BCUT2D eigenvalue weighted by atomic mass is 19.3. The quantitative estimate of drug-likeness (QED) is 0.714. The Kier molecular flexibility index (Phi) is 5.26. The normalized spacial score (nSPS) is 24.8. The predicted octanol–water partition coefficient (Wildman–Crippen LogP) is 3.99. The fourth-order valence-corrected chi connectivity index (χ4v) is 3.44. The summed E-state index contributed by atoms with van der Waals surface area (Å²) >= 11 is 0. The van der Waals surface area contributed by atoms with E-state index in [4.69, 9.17) is 11.0 Å². The number of benzene rings is 1. The molecule has 6 nitrogen and oxygen atoms in total. The van der Waals surface area contributed by atoms with Crippen LogP contribution in [0.5, 0.6) is 0 Å². The number of carbonyl (C=O) groups excluding carboxylic acids is 1. The van der Waals surface area contributed by atoms with Crippen molar-refractivity contribution in [2.75, 3.05) is 5.32 Å². The van der Waals surface area contributed by atoms with Crippen molar-refractivity contribution < 1.29 is 22.4 Å². The number of aliphatic imine (C=N–C) groups is 1. The first-order chi connectivity index (χ1) is 14.3. The van der Waals surface area contributed by atoms with E-state index in [9.17, 15) is 18.0 Å². The van der Waals surface area contributed by atoms with Crippen LogP contribution in [0.15, 0.2) is 35.5 Å². The molecule has 1 aromatic carbocycles. The van der Waals surface area contributed by atoms with E-state index >= 15 is 4.39 Å². The lowest BCUT2D eigenvalue weighted by Crippen LogP contribution is -2.56. The maximum atomic E-state index is 15.2. The van der Waals surface area contributed by atoms with E-state index < -0.39 is 46.7 Å². The molecule has 0 bridgehead atoms. The number of pyridine rings is 1. The summed E-state index contributed by atoms with van der Waals surface area (Å²) in [7, 11) is 0. The van der Waals surface area contributed by atoms with Crippen LogP contribution in [0, 0.1) is 24.1 Å². The first kappa shape index (κ1) is 22.2. The van der Waals surface area contributed by atoms with Crippen molar-refractivity contribution in [3.63, 3.8) is 0 Å². The summed E-state index contributed by atoms with van der Waals surface area (Å²) in [6.45, 7) is 3.40. The van der Waals surface area contributed by atoms with Gasteiger partial charge in [0.25, 0.3) is 11.8 Å². The Bertz CT molecular complexity index is 1140. The molecule has 31 heavy (non-hydrogen) atoms. The number of hydrogen-bond donors (Lipinski definition) is 2. The van der Waals surface area contributed by atoms with E-state index in [1.165, 1.54) is 24.4 Å². The topological polar surface area (TPSA) is 104 Å². The lowest BCUT2D eigenvalue weighted by Gasteiger charge is -2.42. The highest BCUT2D eigenvalue weighted by Gasteiger charge is 2.60.